The second-order valence-electron chi connectivity index (χ2n) is 7.13. The Morgan fingerprint density at radius 2 is 1.82 bits per heavy atom. The lowest BCUT2D eigenvalue weighted by Gasteiger charge is -2.33. The zero-order valence-electron chi connectivity index (χ0n) is 15.1. The third-order valence-electron chi connectivity index (χ3n) is 4.46. The van der Waals surface area contributed by atoms with Crippen molar-refractivity contribution in [2.45, 2.75) is 97.8 Å². The first-order chi connectivity index (χ1) is 10.3. The predicted molar refractivity (Wildman–Crippen MR) is 88.9 cm³/mol. The van der Waals surface area contributed by atoms with Gasteiger partial charge in [-0.3, -0.25) is 4.79 Å². The number of rotatable bonds is 1. The monoisotopic (exact) mass is 311 g/mol. The summed E-state index contributed by atoms with van der Waals surface area (Å²) in [6.07, 6.45) is 4.80. The highest BCUT2D eigenvalue weighted by Crippen LogP contribution is 2.39. The highest BCUT2D eigenvalue weighted by Gasteiger charge is 2.45. The first-order valence-electron chi connectivity index (χ1n) is 8.85. The Balaban J connectivity index is 0.00000116. The molecule has 2 fully saturated rings. The second-order valence-corrected chi connectivity index (χ2v) is 7.13. The third kappa shape index (κ3) is 4.72. The molecule has 3 atom stereocenters. The van der Waals surface area contributed by atoms with Gasteiger partial charge < -0.3 is 9.64 Å². The van der Waals surface area contributed by atoms with E-state index in [0.29, 0.717) is 24.5 Å². The number of carbonyl (C=O) groups is 2. The van der Waals surface area contributed by atoms with Crippen LogP contribution < -0.4 is 0 Å². The molecule has 128 valence electrons. The van der Waals surface area contributed by atoms with Gasteiger partial charge in [-0.05, 0) is 52.4 Å². The summed E-state index contributed by atoms with van der Waals surface area (Å²) in [5, 5.41) is 0. The fourth-order valence-corrected chi connectivity index (χ4v) is 3.55. The molecule has 0 aromatic carbocycles. The van der Waals surface area contributed by atoms with Gasteiger partial charge in [-0.25, -0.2) is 4.79 Å². The lowest BCUT2D eigenvalue weighted by atomic mass is 9.94. The average molecular weight is 311 g/mol. The van der Waals surface area contributed by atoms with Crippen LogP contribution in [0.4, 0.5) is 4.79 Å². The molecular weight excluding hydrogens is 278 g/mol. The SMILES string of the molecule is CC.CCC1C[C@@H]2CCC(=O)CC[C@H]2N1C(=O)OC(C)(C)C. The van der Waals surface area contributed by atoms with E-state index in [4.69, 9.17) is 4.74 Å². The minimum Gasteiger partial charge on any atom is -0.444 e. The Bertz CT molecular complexity index is 386. The number of ether oxygens (including phenoxy) is 1. The van der Waals surface area contributed by atoms with Crippen molar-refractivity contribution >= 4 is 11.9 Å². The fourth-order valence-electron chi connectivity index (χ4n) is 3.55. The number of likely N-dealkylation sites (tertiary alicyclic amines) is 1. The first kappa shape index (κ1) is 19.0. The summed E-state index contributed by atoms with van der Waals surface area (Å²) in [4.78, 5) is 26.1. The molecule has 22 heavy (non-hydrogen) atoms. The highest BCUT2D eigenvalue weighted by atomic mass is 16.6. The van der Waals surface area contributed by atoms with E-state index in [0.717, 1.165) is 25.7 Å². The molecule has 2 aliphatic rings. The van der Waals surface area contributed by atoms with Crippen LogP contribution in [0.2, 0.25) is 0 Å². The van der Waals surface area contributed by atoms with E-state index >= 15 is 0 Å². The molecule has 1 aliphatic heterocycles. The summed E-state index contributed by atoms with van der Waals surface area (Å²) in [5.74, 6) is 0.815. The molecule has 0 N–H and O–H groups in total. The topological polar surface area (TPSA) is 46.6 Å². The number of ketones is 1. The number of hydrogen-bond donors (Lipinski definition) is 0. The van der Waals surface area contributed by atoms with Crippen molar-refractivity contribution in [2.24, 2.45) is 5.92 Å². The third-order valence-corrected chi connectivity index (χ3v) is 4.46. The number of hydrogen-bond acceptors (Lipinski definition) is 3. The van der Waals surface area contributed by atoms with E-state index in [1.165, 1.54) is 0 Å². The van der Waals surface area contributed by atoms with Gasteiger partial charge >= 0.3 is 6.09 Å². The maximum Gasteiger partial charge on any atom is 0.410 e. The van der Waals surface area contributed by atoms with Crippen LogP contribution in [0.3, 0.4) is 0 Å². The minimum absolute atomic E-state index is 0.196. The maximum absolute atomic E-state index is 12.5. The Morgan fingerprint density at radius 3 is 2.36 bits per heavy atom. The number of fused-ring (bicyclic) bond motifs is 1. The maximum atomic E-state index is 12.5. The van der Waals surface area contributed by atoms with Crippen molar-refractivity contribution in [1.82, 2.24) is 4.90 Å². The van der Waals surface area contributed by atoms with Gasteiger partial charge in [0.15, 0.2) is 0 Å². The standard InChI is InChI=1S/C16H27NO3.C2H6/c1-5-12-10-11-6-7-13(18)8-9-14(11)17(12)15(19)20-16(2,3)4;1-2/h11-12,14H,5-10H2,1-4H3;1-2H3/t11-,12?,14+;/m0./s1. The summed E-state index contributed by atoms with van der Waals surface area (Å²) >= 11 is 0. The summed E-state index contributed by atoms with van der Waals surface area (Å²) < 4.78 is 5.57. The van der Waals surface area contributed by atoms with Crippen molar-refractivity contribution in [1.29, 1.82) is 0 Å². The normalized spacial score (nSPS) is 28.4. The van der Waals surface area contributed by atoms with E-state index in [-0.39, 0.29) is 18.2 Å². The van der Waals surface area contributed by atoms with Crippen LogP contribution in [-0.2, 0) is 9.53 Å². The summed E-state index contributed by atoms with van der Waals surface area (Å²) in [6.45, 7) is 11.8. The number of nitrogens with zero attached hydrogens (tertiary/aromatic N) is 1. The second kappa shape index (κ2) is 7.98. The van der Waals surface area contributed by atoms with Crippen molar-refractivity contribution in [3.8, 4) is 0 Å². The van der Waals surface area contributed by atoms with Gasteiger partial charge in [0, 0.05) is 24.9 Å². The smallest absolute Gasteiger partial charge is 0.410 e. The number of carbonyl (C=O) groups excluding carboxylic acids is 2. The Hall–Kier alpha value is -1.06. The molecule has 4 nitrogen and oxygen atoms in total. The van der Waals surface area contributed by atoms with Gasteiger partial charge in [-0.15, -0.1) is 0 Å². The molecule has 4 heteroatoms. The van der Waals surface area contributed by atoms with E-state index in [1.807, 2.05) is 39.5 Å². The Labute approximate surface area is 135 Å². The molecule has 1 unspecified atom stereocenters. The van der Waals surface area contributed by atoms with Gasteiger partial charge in [-0.1, -0.05) is 20.8 Å². The van der Waals surface area contributed by atoms with Crippen molar-refractivity contribution in [3.63, 3.8) is 0 Å². The molecule has 0 bridgehead atoms. The molecule has 0 aromatic rings. The molecular formula is C18H33NO3. The van der Waals surface area contributed by atoms with Crippen LogP contribution in [-0.4, -0.2) is 34.5 Å². The summed E-state index contributed by atoms with van der Waals surface area (Å²) in [6, 6.07) is 0.467. The quantitative estimate of drug-likeness (QED) is 0.713. The van der Waals surface area contributed by atoms with Crippen molar-refractivity contribution in [2.75, 3.05) is 0 Å². The van der Waals surface area contributed by atoms with Crippen LogP contribution in [0.1, 0.15) is 80.1 Å². The molecule has 1 amide bonds. The Morgan fingerprint density at radius 1 is 1.23 bits per heavy atom. The molecule has 0 aromatic heterocycles. The van der Waals surface area contributed by atoms with Crippen molar-refractivity contribution in [3.05, 3.63) is 0 Å². The number of Topliss-reactive ketones (excluding diaryl/α,β-unsaturated/α-hetero) is 1. The molecule has 1 aliphatic carbocycles. The van der Waals surface area contributed by atoms with E-state index in [2.05, 4.69) is 6.92 Å². The zero-order valence-corrected chi connectivity index (χ0v) is 15.1. The molecule has 1 saturated carbocycles. The fraction of sp³-hybridized carbons (Fsp3) is 0.889. The summed E-state index contributed by atoms with van der Waals surface area (Å²) in [7, 11) is 0. The average Bonchev–Trinajstić information content (AvgIpc) is 2.71. The van der Waals surface area contributed by atoms with Crippen LogP contribution in [0.5, 0.6) is 0 Å². The molecule has 0 radical (unpaired) electrons. The van der Waals surface area contributed by atoms with Crippen LogP contribution in [0.15, 0.2) is 0 Å². The molecule has 0 spiro atoms. The summed E-state index contributed by atoms with van der Waals surface area (Å²) in [5.41, 5.74) is -0.464. The minimum atomic E-state index is -0.464. The zero-order chi connectivity index (χ0) is 16.9. The van der Waals surface area contributed by atoms with Gasteiger partial charge in [0.2, 0.25) is 0 Å². The van der Waals surface area contributed by atoms with E-state index in [1.54, 1.807) is 0 Å². The van der Waals surface area contributed by atoms with Gasteiger partial charge in [-0.2, -0.15) is 0 Å². The van der Waals surface area contributed by atoms with E-state index in [9.17, 15) is 9.59 Å². The molecule has 1 saturated heterocycles. The van der Waals surface area contributed by atoms with Gasteiger partial charge in [0.25, 0.3) is 0 Å². The Kier molecular flexibility index (Phi) is 6.89. The van der Waals surface area contributed by atoms with Gasteiger partial charge in [0.05, 0.1) is 0 Å². The number of amides is 1. The largest absolute Gasteiger partial charge is 0.444 e. The lowest BCUT2D eigenvalue weighted by molar-refractivity contribution is -0.119. The highest BCUT2D eigenvalue weighted by molar-refractivity contribution is 5.79. The molecule has 1 heterocycles. The van der Waals surface area contributed by atoms with Gasteiger partial charge in [0.1, 0.15) is 11.4 Å². The van der Waals surface area contributed by atoms with Crippen molar-refractivity contribution < 1.29 is 14.3 Å². The predicted octanol–water partition coefficient (Wildman–Crippen LogP) is 4.56. The van der Waals surface area contributed by atoms with Crippen LogP contribution in [0.25, 0.3) is 0 Å². The first-order valence-corrected chi connectivity index (χ1v) is 8.85. The molecule has 2 rings (SSSR count). The van der Waals surface area contributed by atoms with Crippen LogP contribution in [0, 0.1) is 5.92 Å². The van der Waals surface area contributed by atoms with E-state index < -0.39 is 5.60 Å². The van der Waals surface area contributed by atoms with Crippen LogP contribution >= 0.6 is 0 Å². The lowest BCUT2D eigenvalue weighted by Crippen LogP contribution is -2.44.